The van der Waals surface area contributed by atoms with Crippen LogP contribution in [0.3, 0.4) is 0 Å². The van der Waals surface area contributed by atoms with Gasteiger partial charge in [0.15, 0.2) is 0 Å². The zero-order valence-corrected chi connectivity index (χ0v) is 12.9. The molecule has 2 aliphatic rings. The average molecular weight is 269 g/mol. The second kappa shape index (κ2) is 9.49. The first-order chi connectivity index (χ1) is 9.24. The number of methoxy groups -OCH3 is 1. The van der Waals surface area contributed by atoms with Crippen molar-refractivity contribution in [3.05, 3.63) is 0 Å². The number of hydrogen-bond donors (Lipinski definition) is 0. The lowest BCUT2D eigenvalue weighted by Crippen LogP contribution is -2.43. The fourth-order valence-electron chi connectivity index (χ4n) is 3.33. The van der Waals surface area contributed by atoms with Gasteiger partial charge in [-0.1, -0.05) is 13.3 Å². The smallest absolute Gasteiger partial charge is 0.123 e. The van der Waals surface area contributed by atoms with Crippen molar-refractivity contribution in [2.45, 2.75) is 57.9 Å². The predicted octanol–water partition coefficient (Wildman–Crippen LogP) is 3.13. The Labute approximate surface area is 118 Å². The SMILES string of the molecule is CCC1CCN(C2CCC(C=O)CC2)CC1.COC. The zero-order valence-electron chi connectivity index (χ0n) is 12.9. The van der Waals surface area contributed by atoms with Crippen molar-refractivity contribution in [1.29, 1.82) is 0 Å². The van der Waals surface area contributed by atoms with Gasteiger partial charge in [-0.3, -0.25) is 0 Å². The Balaban J connectivity index is 0.000000550. The maximum Gasteiger partial charge on any atom is 0.123 e. The molecule has 19 heavy (non-hydrogen) atoms. The summed E-state index contributed by atoms with van der Waals surface area (Å²) in [5.74, 6) is 1.34. The van der Waals surface area contributed by atoms with Gasteiger partial charge in [0.25, 0.3) is 0 Å². The van der Waals surface area contributed by atoms with Crippen LogP contribution in [0.4, 0.5) is 0 Å². The van der Waals surface area contributed by atoms with Crippen LogP contribution in [0, 0.1) is 11.8 Å². The Bertz CT molecular complexity index is 229. The number of carbonyl (C=O) groups excluding carboxylic acids is 1. The normalized spacial score (nSPS) is 29.4. The van der Waals surface area contributed by atoms with Crippen LogP contribution in [0.2, 0.25) is 0 Å². The van der Waals surface area contributed by atoms with Gasteiger partial charge in [0.2, 0.25) is 0 Å². The van der Waals surface area contributed by atoms with E-state index in [1.807, 2.05) is 0 Å². The van der Waals surface area contributed by atoms with Crippen LogP contribution in [-0.4, -0.2) is 44.5 Å². The van der Waals surface area contributed by atoms with E-state index in [0.717, 1.165) is 24.8 Å². The minimum Gasteiger partial charge on any atom is -0.388 e. The Morgan fingerprint density at radius 3 is 2.00 bits per heavy atom. The second-order valence-corrected chi connectivity index (χ2v) is 6.00. The molecule has 1 saturated carbocycles. The molecule has 0 spiro atoms. The van der Waals surface area contributed by atoms with Gasteiger partial charge in [0.05, 0.1) is 0 Å². The molecule has 3 heteroatoms. The van der Waals surface area contributed by atoms with E-state index in [0.29, 0.717) is 5.92 Å². The lowest BCUT2D eigenvalue weighted by Gasteiger charge is -2.40. The van der Waals surface area contributed by atoms with Crippen molar-refractivity contribution >= 4 is 6.29 Å². The molecule has 0 atom stereocenters. The number of hydrogen-bond acceptors (Lipinski definition) is 3. The third-order valence-electron chi connectivity index (χ3n) is 4.68. The molecule has 1 aliphatic carbocycles. The molecule has 0 aromatic heterocycles. The largest absolute Gasteiger partial charge is 0.388 e. The van der Waals surface area contributed by atoms with Gasteiger partial charge in [-0.15, -0.1) is 0 Å². The van der Waals surface area contributed by atoms with Crippen molar-refractivity contribution < 1.29 is 9.53 Å². The van der Waals surface area contributed by atoms with Crippen LogP contribution in [-0.2, 0) is 9.53 Å². The summed E-state index contributed by atoms with van der Waals surface area (Å²) in [5, 5.41) is 0. The van der Waals surface area contributed by atoms with Crippen LogP contribution in [0.15, 0.2) is 0 Å². The van der Waals surface area contributed by atoms with Gasteiger partial charge >= 0.3 is 0 Å². The zero-order chi connectivity index (χ0) is 14.1. The number of likely N-dealkylation sites (tertiary alicyclic amines) is 1. The molecule has 0 N–H and O–H groups in total. The van der Waals surface area contributed by atoms with Gasteiger partial charge in [-0.25, -0.2) is 0 Å². The number of piperidine rings is 1. The molecule has 0 bridgehead atoms. The molecule has 0 amide bonds. The Kier molecular flexibility index (Phi) is 8.31. The van der Waals surface area contributed by atoms with Crippen molar-refractivity contribution in [3.8, 4) is 0 Å². The summed E-state index contributed by atoms with van der Waals surface area (Å²) in [4.78, 5) is 13.4. The van der Waals surface area contributed by atoms with E-state index >= 15 is 0 Å². The molecular weight excluding hydrogens is 238 g/mol. The molecular formula is C16H31NO2. The van der Waals surface area contributed by atoms with Crippen molar-refractivity contribution in [3.63, 3.8) is 0 Å². The molecule has 112 valence electrons. The summed E-state index contributed by atoms with van der Waals surface area (Å²) in [6.45, 7) is 4.92. The third kappa shape index (κ3) is 5.62. The molecule has 0 aromatic carbocycles. The van der Waals surface area contributed by atoms with Gasteiger partial charge in [0.1, 0.15) is 6.29 Å². The predicted molar refractivity (Wildman–Crippen MR) is 79.3 cm³/mol. The lowest BCUT2D eigenvalue weighted by atomic mass is 9.84. The van der Waals surface area contributed by atoms with Crippen molar-refractivity contribution in [1.82, 2.24) is 4.90 Å². The van der Waals surface area contributed by atoms with E-state index in [-0.39, 0.29) is 0 Å². The average Bonchev–Trinajstić information content (AvgIpc) is 2.48. The van der Waals surface area contributed by atoms with Gasteiger partial charge in [-0.2, -0.15) is 0 Å². The first kappa shape index (κ1) is 16.6. The number of rotatable bonds is 3. The quantitative estimate of drug-likeness (QED) is 0.737. The van der Waals surface area contributed by atoms with E-state index in [9.17, 15) is 4.79 Å². The maximum absolute atomic E-state index is 10.7. The maximum atomic E-state index is 10.7. The third-order valence-corrected chi connectivity index (χ3v) is 4.68. The first-order valence-corrected chi connectivity index (χ1v) is 7.84. The molecule has 1 saturated heterocycles. The van der Waals surface area contributed by atoms with Crippen molar-refractivity contribution in [2.75, 3.05) is 27.3 Å². The molecule has 0 unspecified atom stereocenters. The lowest BCUT2D eigenvalue weighted by molar-refractivity contribution is -0.112. The highest BCUT2D eigenvalue weighted by Crippen LogP contribution is 2.29. The van der Waals surface area contributed by atoms with E-state index in [1.165, 1.54) is 51.5 Å². The highest BCUT2D eigenvalue weighted by molar-refractivity contribution is 5.53. The van der Waals surface area contributed by atoms with Gasteiger partial charge in [-0.05, 0) is 57.5 Å². The number of ether oxygens (including phenoxy) is 1. The van der Waals surface area contributed by atoms with E-state index in [2.05, 4.69) is 16.6 Å². The van der Waals surface area contributed by atoms with E-state index in [1.54, 1.807) is 14.2 Å². The van der Waals surface area contributed by atoms with Crippen LogP contribution in [0.25, 0.3) is 0 Å². The van der Waals surface area contributed by atoms with Gasteiger partial charge in [0, 0.05) is 26.2 Å². The summed E-state index contributed by atoms with van der Waals surface area (Å²) in [7, 11) is 3.25. The van der Waals surface area contributed by atoms with E-state index in [4.69, 9.17) is 0 Å². The Morgan fingerprint density at radius 2 is 1.58 bits per heavy atom. The summed E-state index contributed by atoms with van der Waals surface area (Å²) in [6.07, 6.45) is 10.1. The first-order valence-electron chi connectivity index (χ1n) is 7.84. The Morgan fingerprint density at radius 1 is 1.05 bits per heavy atom. The summed E-state index contributed by atoms with van der Waals surface area (Å²) in [6, 6.07) is 0.786. The number of aldehydes is 1. The minimum absolute atomic E-state index is 0.365. The molecule has 0 aromatic rings. The van der Waals surface area contributed by atoms with Crippen LogP contribution < -0.4 is 0 Å². The van der Waals surface area contributed by atoms with Crippen LogP contribution >= 0.6 is 0 Å². The summed E-state index contributed by atoms with van der Waals surface area (Å²) < 4.78 is 4.25. The molecule has 3 nitrogen and oxygen atoms in total. The van der Waals surface area contributed by atoms with E-state index < -0.39 is 0 Å². The monoisotopic (exact) mass is 269 g/mol. The fourth-order valence-corrected chi connectivity index (χ4v) is 3.33. The second-order valence-electron chi connectivity index (χ2n) is 6.00. The van der Waals surface area contributed by atoms with Gasteiger partial charge < -0.3 is 14.4 Å². The topological polar surface area (TPSA) is 29.5 Å². The standard InChI is InChI=1S/C14H25NO.C2H6O/c1-2-12-7-9-15(10-8-12)14-5-3-13(11-16)4-6-14;1-3-2/h11-14H,2-10H2,1H3;1-2H3. The highest BCUT2D eigenvalue weighted by atomic mass is 16.4. The fraction of sp³-hybridized carbons (Fsp3) is 0.938. The minimum atomic E-state index is 0.365. The van der Waals surface area contributed by atoms with Crippen LogP contribution in [0.5, 0.6) is 0 Å². The highest BCUT2D eigenvalue weighted by Gasteiger charge is 2.28. The summed E-state index contributed by atoms with van der Waals surface area (Å²) in [5.41, 5.74) is 0. The van der Waals surface area contributed by atoms with Crippen molar-refractivity contribution in [2.24, 2.45) is 11.8 Å². The summed E-state index contributed by atoms with van der Waals surface area (Å²) >= 11 is 0. The number of nitrogens with zero attached hydrogens (tertiary/aromatic N) is 1. The molecule has 2 rings (SSSR count). The number of carbonyl (C=O) groups is 1. The Hall–Kier alpha value is -0.410. The molecule has 2 fully saturated rings. The molecule has 1 aliphatic heterocycles. The molecule has 1 heterocycles. The molecule has 0 radical (unpaired) electrons. The van der Waals surface area contributed by atoms with Crippen LogP contribution in [0.1, 0.15) is 51.9 Å².